The molecule has 1 aliphatic heterocycles. The van der Waals surface area contributed by atoms with Gasteiger partial charge in [-0.05, 0) is 12.8 Å². The van der Waals surface area contributed by atoms with Crippen molar-refractivity contribution in [3.63, 3.8) is 0 Å². The minimum absolute atomic E-state index is 0.00369. The second-order valence-corrected chi connectivity index (χ2v) is 6.82. The Morgan fingerprint density at radius 1 is 1.55 bits per heavy atom. The number of imidazole rings is 1. The van der Waals surface area contributed by atoms with Gasteiger partial charge in [0.2, 0.25) is 5.91 Å². The van der Waals surface area contributed by atoms with Crippen molar-refractivity contribution in [2.24, 2.45) is 5.92 Å². The molecule has 1 amide bonds. The molecule has 0 saturated carbocycles. The summed E-state index contributed by atoms with van der Waals surface area (Å²) < 4.78 is 13.1. The molecule has 1 unspecified atom stereocenters. The van der Waals surface area contributed by atoms with Crippen LogP contribution in [0, 0.1) is 5.92 Å². The number of thiazole rings is 1. The Balaban J connectivity index is 1.44. The van der Waals surface area contributed by atoms with Crippen LogP contribution in [0.4, 0.5) is 0 Å². The Morgan fingerprint density at radius 2 is 2.32 bits per heavy atom. The summed E-state index contributed by atoms with van der Waals surface area (Å²) in [6, 6.07) is 0. The van der Waals surface area contributed by atoms with Crippen LogP contribution in [0.25, 0.3) is 4.96 Å². The third-order valence-electron chi connectivity index (χ3n) is 3.75. The molecule has 0 aliphatic carbocycles. The highest BCUT2D eigenvalue weighted by molar-refractivity contribution is 7.15. The van der Waals surface area contributed by atoms with Crippen LogP contribution in [0.1, 0.15) is 26.0 Å². The molecule has 0 bridgehead atoms. The Morgan fingerprint density at radius 3 is 3.05 bits per heavy atom. The van der Waals surface area contributed by atoms with Gasteiger partial charge in [0.1, 0.15) is 0 Å². The number of carbonyl (C=O) groups excluding carboxylic acids is 1. The minimum Gasteiger partial charge on any atom is -0.355 e. The van der Waals surface area contributed by atoms with E-state index in [4.69, 9.17) is 9.47 Å². The molecule has 1 aliphatic rings. The molecule has 7 heteroatoms. The van der Waals surface area contributed by atoms with E-state index in [0.29, 0.717) is 26.2 Å². The smallest absolute Gasteiger partial charge is 0.226 e. The molecule has 1 N–H and O–H groups in total. The topological polar surface area (TPSA) is 64.9 Å². The molecule has 3 rings (SSSR count). The van der Waals surface area contributed by atoms with Crippen LogP contribution in [0.5, 0.6) is 0 Å². The van der Waals surface area contributed by atoms with E-state index < -0.39 is 5.79 Å². The molecule has 2 aromatic heterocycles. The van der Waals surface area contributed by atoms with Gasteiger partial charge in [-0.15, -0.1) is 11.3 Å². The first-order valence-electron chi connectivity index (χ1n) is 7.50. The lowest BCUT2D eigenvalue weighted by Gasteiger charge is -2.25. The van der Waals surface area contributed by atoms with Gasteiger partial charge in [0, 0.05) is 30.7 Å². The first-order chi connectivity index (χ1) is 10.5. The number of hydrogen-bond donors (Lipinski definition) is 1. The molecule has 3 heterocycles. The normalized spacial score (nSPS) is 18.6. The number of rotatable bonds is 6. The van der Waals surface area contributed by atoms with Gasteiger partial charge in [0.25, 0.3) is 0 Å². The summed E-state index contributed by atoms with van der Waals surface area (Å²) in [5.41, 5.74) is 0.798. The highest BCUT2D eigenvalue weighted by Crippen LogP contribution is 2.26. The maximum absolute atomic E-state index is 12.0. The number of fused-ring (bicyclic) bond motifs is 1. The molecule has 0 radical (unpaired) electrons. The molecule has 1 atom stereocenters. The zero-order chi connectivity index (χ0) is 15.6. The van der Waals surface area contributed by atoms with Crippen LogP contribution in [0.3, 0.4) is 0 Å². The average Bonchev–Trinajstić information content (AvgIpc) is 3.12. The van der Waals surface area contributed by atoms with Crippen molar-refractivity contribution >= 4 is 22.2 Å². The van der Waals surface area contributed by atoms with Gasteiger partial charge in [0.15, 0.2) is 10.7 Å². The summed E-state index contributed by atoms with van der Waals surface area (Å²) >= 11 is 1.56. The van der Waals surface area contributed by atoms with Crippen molar-refractivity contribution in [3.8, 4) is 0 Å². The van der Waals surface area contributed by atoms with Gasteiger partial charge in [-0.25, -0.2) is 4.98 Å². The van der Waals surface area contributed by atoms with Crippen LogP contribution in [0.15, 0.2) is 17.8 Å². The second kappa shape index (κ2) is 6.36. The van der Waals surface area contributed by atoms with Crippen LogP contribution in [-0.4, -0.2) is 40.8 Å². The van der Waals surface area contributed by atoms with Crippen molar-refractivity contribution in [1.29, 1.82) is 0 Å². The SMILES string of the molecule is CC(CNC(=O)Cc1cn2ccsc2n1)CC1(C)OCCO1. The van der Waals surface area contributed by atoms with Gasteiger partial charge in [-0.1, -0.05) is 6.92 Å². The molecule has 0 aromatic carbocycles. The quantitative estimate of drug-likeness (QED) is 0.881. The largest absolute Gasteiger partial charge is 0.355 e. The third kappa shape index (κ3) is 3.66. The van der Waals surface area contributed by atoms with E-state index in [1.54, 1.807) is 11.3 Å². The Hall–Kier alpha value is -1.44. The van der Waals surface area contributed by atoms with Crippen molar-refractivity contribution in [2.45, 2.75) is 32.5 Å². The molecule has 1 fully saturated rings. The number of aromatic nitrogens is 2. The van der Waals surface area contributed by atoms with E-state index in [1.165, 1.54) is 0 Å². The summed E-state index contributed by atoms with van der Waals surface area (Å²) in [5, 5.41) is 4.94. The lowest BCUT2D eigenvalue weighted by molar-refractivity contribution is -0.154. The van der Waals surface area contributed by atoms with Gasteiger partial charge in [-0.2, -0.15) is 0 Å². The van der Waals surface area contributed by atoms with Crippen LogP contribution in [-0.2, 0) is 20.7 Å². The standard InChI is InChI=1S/C15H21N3O3S/c1-11(8-15(2)20-4-5-21-15)9-16-13(19)7-12-10-18-3-6-22-14(18)17-12/h3,6,10-11H,4-5,7-9H2,1-2H3,(H,16,19). The van der Waals surface area contributed by atoms with Crippen molar-refractivity contribution in [1.82, 2.24) is 14.7 Å². The number of carbonyl (C=O) groups is 1. The molecular formula is C15H21N3O3S. The summed E-state index contributed by atoms with van der Waals surface area (Å²) in [4.78, 5) is 17.3. The predicted octanol–water partition coefficient (Wildman–Crippen LogP) is 1.84. The molecule has 22 heavy (non-hydrogen) atoms. The number of amides is 1. The fourth-order valence-corrected chi connectivity index (χ4v) is 3.48. The summed E-state index contributed by atoms with van der Waals surface area (Å²) in [5.74, 6) is -0.216. The molecule has 0 spiro atoms. The third-order valence-corrected chi connectivity index (χ3v) is 4.52. The molecule has 1 saturated heterocycles. The lowest BCUT2D eigenvalue weighted by Crippen LogP contribution is -2.35. The zero-order valence-electron chi connectivity index (χ0n) is 12.9. The summed E-state index contributed by atoms with van der Waals surface area (Å²) in [6.45, 7) is 5.95. The molecular weight excluding hydrogens is 302 g/mol. The van der Waals surface area contributed by atoms with Gasteiger partial charge in [0.05, 0.1) is 25.3 Å². The first kappa shape index (κ1) is 15.5. The number of nitrogens with zero attached hydrogens (tertiary/aromatic N) is 2. The number of hydrogen-bond acceptors (Lipinski definition) is 5. The van der Waals surface area contributed by atoms with E-state index >= 15 is 0 Å². The number of ether oxygens (including phenoxy) is 2. The van der Waals surface area contributed by atoms with E-state index in [2.05, 4.69) is 17.2 Å². The van der Waals surface area contributed by atoms with Gasteiger partial charge >= 0.3 is 0 Å². The van der Waals surface area contributed by atoms with Gasteiger partial charge in [-0.3, -0.25) is 9.20 Å². The van der Waals surface area contributed by atoms with E-state index in [0.717, 1.165) is 17.1 Å². The highest BCUT2D eigenvalue weighted by atomic mass is 32.1. The Kier molecular flexibility index (Phi) is 4.46. The maximum atomic E-state index is 12.0. The monoisotopic (exact) mass is 323 g/mol. The van der Waals surface area contributed by atoms with Gasteiger partial charge < -0.3 is 14.8 Å². The minimum atomic E-state index is -0.502. The van der Waals surface area contributed by atoms with Crippen molar-refractivity contribution < 1.29 is 14.3 Å². The Bertz CT molecular complexity index is 617. The van der Waals surface area contributed by atoms with E-state index in [9.17, 15) is 4.79 Å². The summed E-state index contributed by atoms with van der Waals surface area (Å²) in [6.07, 6.45) is 4.92. The fraction of sp³-hybridized carbons (Fsp3) is 0.600. The zero-order valence-corrected chi connectivity index (χ0v) is 13.7. The first-order valence-corrected chi connectivity index (χ1v) is 8.38. The maximum Gasteiger partial charge on any atom is 0.226 e. The van der Waals surface area contributed by atoms with Crippen LogP contribution < -0.4 is 5.32 Å². The highest BCUT2D eigenvalue weighted by Gasteiger charge is 2.32. The number of nitrogens with one attached hydrogen (secondary N) is 1. The van der Waals surface area contributed by atoms with E-state index in [1.807, 2.05) is 29.1 Å². The molecule has 6 nitrogen and oxygen atoms in total. The van der Waals surface area contributed by atoms with E-state index in [-0.39, 0.29) is 11.8 Å². The van der Waals surface area contributed by atoms with Crippen molar-refractivity contribution in [2.75, 3.05) is 19.8 Å². The molecule has 2 aromatic rings. The Labute approximate surface area is 133 Å². The fourth-order valence-electron chi connectivity index (χ4n) is 2.76. The lowest BCUT2D eigenvalue weighted by atomic mass is 10.0. The predicted molar refractivity (Wildman–Crippen MR) is 83.9 cm³/mol. The van der Waals surface area contributed by atoms with Crippen molar-refractivity contribution in [3.05, 3.63) is 23.5 Å². The second-order valence-electron chi connectivity index (χ2n) is 5.95. The van der Waals surface area contributed by atoms with Crippen LogP contribution >= 0.6 is 11.3 Å². The summed E-state index contributed by atoms with van der Waals surface area (Å²) in [7, 11) is 0. The molecule has 120 valence electrons. The average molecular weight is 323 g/mol. The van der Waals surface area contributed by atoms with Crippen LogP contribution in [0.2, 0.25) is 0 Å².